The Balaban J connectivity index is 1.95. The number of thioether (sulfide) groups is 2. The first kappa shape index (κ1) is 14.5. The van der Waals surface area contributed by atoms with Crippen molar-refractivity contribution >= 4 is 65.2 Å². The molecular formula is C16H10Br2S2. The van der Waals surface area contributed by atoms with Gasteiger partial charge in [-0.15, -0.1) is 0 Å². The van der Waals surface area contributed by atoms with E-state index in [1.807, 2.05) is 12.1 Å². The molecule has 0 saturated carbocycles. The zero-order valence-electron chi connectivity index (χ0n) is 10.3. The van der Waals surface area contributed by atoms with Gasteiger partial charge in [-0.2, -0.15) is 0 Å². The van der Waals surface area contributed by atoms with Gasteiger partial charge in [-0.05, 0) is 43.0 Å². The average Bonchev–Trinajstić information content (AvgIpc) is 2.51. The third-order valence-electron chi connectivity index (χ3n) is 2.81. The lowest BCUT2D eigenvalue weighted by atomic mass is 10.2. The molecule has 0 amide bonds. The number of hydrogen-bond donors (Lipinski definition) is 0. The van der Waals surface area contributed by atoms with E-state index in [1.165, 1.54) is 20.9 Å². The third-order valence-corrected chi connectivity index (χ3v) is 7.41. The zero-order valence-corrected chi connectivity index (χ0v) is 15.2. The molecule has 4 heteroatoms. The van der Waals surface area contributed by atoms with Crippen LogP contribution < -0.4 is 0 Å². The van der Waals surface area contributed by atoms with Gasteiger partial charge in [0.15, 0.2) is 0 Å². The molecule has 0 aromatic heterocycles. The van der Waals surface area contributed by atoms with Crippen LogP contribution in [-0.2, 0) is 0 Å². The predicted octanol–water partition coefficient (Wildman–Crippen LogP) is 6.91. The van der Waals surface area contributed by atoms with Gasteiger partial charge < -0.3 is 0 Å². The highest BCUT2D eigenvalue weighted by Gasteiger charge is 2.21. The van der Waals surface area contributed by atoms with Crippen molar-refractivity contribution in [3.63, 3.8) is 0 Å². The molecule has 1 heterocycles. The molecular weight excluding hydrogens is 416 g/mol. The standard InChI is InChI=1S/C16H10Br2S2/c17-15-13(11-7-3-1-4-8-11)19-16(18)14(20-15)12-9-5-2-6-10-12/h1-10H. The van der Waals surface area contributed by atoms with E-state index < -0.39 is 0 Å². The predicted molar refractivity (Wildman–Crippen MR) is 99.8 cm³/mol. The minimum absolute atomic E-state index is 1.16. The summed E-state index contributed by atoms with van der Waals surface area (Å²) in [7, 11) is 0. The quantitative estimate of drug-likeness (QED) is 0.512. The summed E-state index contributed by atoms with van der Waals surface area (Å²) in [6, 6.07) is 20.9. The van der Waals surface area contributed by atoms with Gasteiger partial charge in [0.2, 0.25) is 0 Å². The number of rotatable bonds is 2. The van der Waals surface area contributed by atoms with E-state index in [0.717, 1.165) is 7.63 Å². The molecule has 3 rings (SSSR count). The highest BCUT2D eigenvalue weighted by molar-refractivity contribution is 9.15. The van der Waals surface area contributed by atoms with Crippen LogP contribution in [0.1, 0.15) is 11.1 Å². The Morgan fingerprint density at radius 1 is 0.550 bits per heavy atom. The lowest BCUT2D eigenvalue weighted by Gasteiger charge is -2.19. The van der Waals surface area contributed by atoms with Crippen molar-refractivity contribution in [3.8, 4) is 0 Å². The van der Waals surface area contributed by atoms with E-state index in [0.29, 0.717) is 0 Å². The van der Waals surface area contributed by atoms with Crippen LogP contribution >= 0.6 is 55.4 Å². The lowest BCUT2D eigenvalue weighted by molar-refractivity contribution is 1.65. The van der Waals surface area contributed by atoms with Gasteiger partial charge in [0, 0.05) is 9.81 Å². The first-order chi connectivity index (χ1) is 9.75. The second-order valence-electron chi connectivity index (χ2n) is 4.14. The lowest BCUT2D eigenvalue weighted by Crippen LogP contribution is -1.90. The van der Waals surface area contributed by atoms with Crippen molar-refractivity contribution < 1.29 is 0 Å². The van der Waals surface area contributed by atoms with Crippen LogP contribution in [0.2, 0.25) is 0 Å². The maximum atomic E-state index is 3.72. The first-order valence-electron chi connectivity index (χ1n) is 6.02. The Morgan fingerprint density at radius 3 is 1.25 bits per heavy atom. The van der Waals surface area contributed by atoms with Gasteiger partial charge >= 0.3 is 0 Å². The fourth-order valence-corrected chi connectivity index (χ4v) is 5.74. The minimum Gasteiger partial charge on any atom is -0.0789 e. The van der Waals surface area contributed by atoms with Gasteiger partial charge in [0.1, 0.15) is 0 Å². The van der Waals surface area contributed by atoms with Crippen molar-refractivity contribution in [3.05, 3.63) is 79.4 Å². The summed E-state index contributed by atoms with van der Waals surface area (Å²) in [5.41, 5.74) is 2.47. The molecule has 0 saturated heterocycles. The summed E-state index contributed by atoms with van der Waals surface area (Å²) < 4.78 is 2.33. The third kappa shape index (κ3) is 3.08. The van der Waals surface area contributed by atoms with Gasteiger partial charge in [0.05, 0.1) is 7.63 Å². The maximum Gasteiger partial charge on any atom is 0.0697 e. The average molecular weight is 426 g/mol. The summed E-state index contributed by atoms with van der Waals surface area (Å²) in [5, 5.41) is 0. The Morgan fingerprint density at radius 2 is 0.900 bits per heavy atom. The van der Waals surface area contributed by atoms with Crippen LogP contribution in [0.25, 0.3) is 9.81 Å². The van der Waals surface area contributed by atoms with E-state index in [4.69, 9.17) is 0 Å². The Hall–Kier alpha value is -0.420. The topological polar surface area (TPSA) is 0 Å². The Labute approximate surface area is 144 Å². The Kier molecular flexibility index (Phi) is 4.76. The molecule has 2 aromatic carbocycles. The molecule has 0 spiro atoms. The molecule has 0 N–H and O–H groups in total. The SMILES string of the molecule is BrC1=C(c2ccccc2)SC(Br)=C(c2ccccc2)S1. The second-order valence-corrected chi connectivity index (χ2v) is 8.82. The molecule has 2 aromatic rings. The molecule has 0 fully saturated rings. The molecule has 0 radical (unpaired) electrons. The van der Waals surface area contributed by atoms with Crippen molar-refractivity contribution in [2.24, 2.45) is 0 Å². The normalized spacial score (nSPS) is 15.7. The van der Waals surface area contributed by atoms with Crippen LogP contribution in [-0.4, -0.2) is 0 Å². The van der Waals surface area contributed by atoms with Crippen molar-refractivity contribution in [1.29, 1.82) is 0 Å². The molecule has 0 aliphatic carbocycles. The van der Waals surface area contributed by atoms with Crippen molar-refractivity contribution in [1.82, 2.24) is 0 Å². The number of hydrogen-bond acceptors (Lipinski definition) is 2. The van der Waals surface area contributed by atoms with Crippen molar-refractivity contribution in [2.45, 2.75) is 0 Å². The highest BCUT2D eigenvalue weighted by atomic mass is 79.9. The summed E-state index contributed by atoms with van der Waals surface area (Å²) in [6.07, 6.45) is 0. The molecule has 100 valence electrons. The fourth-order valence-electron chi connectivity index (χ4n) is 1.88. The van der Waals surface area contributed by atoms with Crippen LogP contribution in [0.15, 0.2) is 68.3 Å². The van der Waals surface area contributed by atoms with Crippen LogP contribution in [0, 0.1) is 0 Å². The Bertz CT molecular complexity index is 615. The molecule has 1 aliphatic heterocycles. The summed E-state index contributed by atoms with van der Waals surface area (Å²) in [6.45, 7) is 0. The molecule has 0 bridgehead atoms. The van der Waals surface area contributed by atoms with E-state index in [1.54, 1.807) is 23.5 Å². The number of halogens is 2. The van der Waals surface area contributed by atoms with Crippen LogP contribution in [0.4, 0.5) is 0 Å². The second kappa shape index (κ2) is 6.56. The largest absolute Gasteiger partial charge is 0.0789 e. The monoisotopic (exact) mass is 424 g/mol. The van der Waals surface area contributed by atoms with Gasteiger partial charge in [-0.25, -0.2) is 0 Å². The van der Waals surface area contributed by atoms with Gasteiger partial charge in [-0.1, -0.05) is 84.2 Å². The van der Waals surface area contributed by atoms with E-state index in [2.05, 4.69) is 80.4 Å². The summed E-state index contributed by atoms with van der Waals surface area (Å²) >= 11 is 11.0. The summed E-state index contributed by atoms with van der Waals surface area (Å²) in [4.78, 5) is 2.50. The van der Waals surface area contributed by atoms with Gasteiger partial charge in [0.25, 0.3) is 0 Å². The van der Waals surface area contributed by atoms with Crippen LogP contribution in [0.5, 0.6) is 0 Å². The molecule has 0 nitrogen and oxygen atoms in total. The van der Waals surface area contributed by atoms with E-state index in [-0.39, 0.29) is 0 Å². The van der Waals surface area contributed by atoms with E-state index >= 15 is 0 Å². The molecule has 1 aliphatic rings. The fraction of sp³-hybridized carbons (Fsp3) is 0. The molecule has 0 unspecified atom stereocenters. The first-order valence-corrected chi connectivity index (χ1v) is 9.23. The zero-order chi connectivity index (χ0) is 13.9. The smallest absolute Gasteiger partial charge is 0.0697 e. The molecule has 20 heavy (non-hydrogen) atoms. The van der Waals surface area contributed by atoms with Crippen LogP contribution in [0.3, 0.4) is 0 Å². The minimum atomic E-state index is 1.16. The highest BCUT2D eigenvalue weighted by Crippen LogP contribution is 2.56. The number of benzene rings is 2. The van der Waals surface area contributed by atoms with Crippen molar-refractivity contribution in [2.75, 3.05) is 0 Å². The summed E-state index contributed by atoms with van der Waals surface area (Å²) in [5.74, 6) is 0. The maximum absolute atomic E-state index is 3.72. The molecule has 0 atom stereocenters. The van der Waals surface area contributed by atoms with E-state index in [9.17, 15) is 0 Å². The van der Waals surface area contributed by atoms with Gasteiger partial charge in [-0.3, -0.25) is 0 Å².